The first-order chi connectivity index (χ1) is 14.8. The summed E-state index contributed by atoms with van der Waals surface area (Å²) in [5, 5.41) is 3.22. The number of methoxy groups -OCH3 is 1. The molecule has 0 bridgehead atoms. The van der Waals surface area contributed by atoms with Crippen LogP contribution in [0.3, 0.4) is 0 Å². The maximum Gasteiger partial charge on any atom is 0.217 e. The lowest BCUT2D eigenvalue weighted by atomic mass is 9.44. The van der Waals surface area contributed by atoms with E-state index < -0.39 is 0 Å². The van der Waals surface area contributed by atoms with Crippen molar-refractivity contribution in [3.05, 3.63) is 30.1 Å². The minimum absolute atomic E-state index is 0.132. The van der Waals surface area contributed by atoms with E-state index in [0.29, 0.717) is 11.5 Å². The Balaban J connectivity index is 1.37. The highest BCUT2D eigenvalue weighted by Crippen LogP contribution is 2.67. The molecular formula is C27H38N2O2. The number of hydrogen-bond donors (Lipinski definition) is 1. The second-order valence-corrected chi connectivity index (χ2v) is 11.3. The van der Waals surface area contributed by atoms with Crippen molar-refractivity contribution in [3.63, 3.8) is 0 Å². The van der Waals surface area contributed by atoms with Crippen molar-refractivity contribution in [1.29, 1.82) is 0 Å². The Morgan fingerprint density at radius 3 is 2.74 bits per heavy atom. The molecule has 0 radical (unpaired) electrons. The largest absolute Gasteiger partial charge is 0.495 e. The second kappa shape index (κ2) is 7.64. The molecule has 0 aromatic carbocycles. The summed E-state index contributed by atoms with van der Waals surface area (Å²) in [7, 11) is 1.72. The van der Waals surface area contributed by atoms with Gasteiger partial charge in [-0.3, -0.25) is 9.78 Å². The van der Waals surface area contributed by atoms with Crippen LogP contribution in [-0.2, 0) is 4.79 Å². The van der Waals surface area contributed by atoms with E-state index in [0.717, 1.165) is 35.8 Å². The average Bonchev–Trinajstić information content (AvgIpc) is 3.11. The summed E-state index contributed by atoms with van der Waals surface area (Å²) in [5.41, 5.74) is 3.45. The molecule has 1 amide bonds. The highest BCUT2D eigenvalue weighted by molar-refractivity contribution is 5.73. The minimum atomic E-state index is 0.132. The maximum atomic E-state index is 11.6. The van der Waals surface area contributed by atoms with Gasteiger partial charge in [0.25, 0.3) is 0 Å². The number of carbonyl (C=O) groups excluding carboxylic acids is 1. The van der Waals surface area contributed by atoms with Crippen LogP contribution in [0.1, 0.15) is 77.7 Å². The first-order valence-electron chi connectivity index (χ1n) is 12.3. The molecule has 4 aliphatic carbocycles. The van der Waals surface area contributed by atoms with Gasteiger partial charge in [0, 0.05) is 19.2 Å². The molecule has 5 rings (SSSR count). The third-order valence-corrected chi connectivity index (χ3v) is 9.91. The summed E-state index contributed by atoms with van der Waals surface area (Å²) in [4.78, 5) is 16.0. The number of nitrogens with zero attached hydrogens (tertiary/aromatic N) is 1. The first-order valence-corrected chi connectivity index (χ1v) is 12.3. The SMILES string of the molecule is COc1cncc(C2=CC[C@H]3[C@@H]4CCC5C[C@@H](NC(C)=O)CC[C@]5(C)[C@H]4CC[C@]23C)c1. The Morgan fingerprint density at radius 1 is 1.13 bits per heavy atom. The third kappa shape index (κ3) is 3.32. The number of rotatable bonds is 3. The minimum Gasteiger partial charge on any atom is -0.495 e. The van der Waals surface area contributed by atoms with E-state index in [4.69, 9.17) is 4.74 Å². The van der Waals surface area contributed by atoms with Gasteiger partial charge < -0.3 is 10.1 Å². The van der Waals surface area contributed by atoms with E-state index in [2.05, 4.69) is 36.3 Å². The van der Waals surface area contributed by atoms with Gasteiger partial charge in [0.2, 0.25) is 5.91 Å². The fourth-order valence-electron chi connectivity index (χ4n) is 8.37. The van der Waals surface area contributed by atoms with Crippen LogP contribution in [0.15, 0.2) is 24.5 Å². The number of fused-ring (bicyclic) bond motifs is 5. The maximum absolute atomic E-state index is 11.6. The van der Waals surface area contributed by atoms with Crippen LogP contribution in [0.2, 0.25) is 0 Å². The number of pyridine rings is 1. The van der Waals surface area contributed by atoms with Crippen LogP contribution in [0.25, 0.3) is 5.57 Å². The van der Waals surface area contributed by atoms with Crippen LogP contribution >= 0.6 is 0 Å². The van der Waals surface area contributed by atoms with Gasteiger partial charge in [0.05, 0.1) is 13.3 Å². The predicted octanol–water partition coefficient (Wildman–Crippen LogP) is 5.63. The standard InChI is InChI=1S/C27H38N2O2/c1-17(30)29-20-9-11-26(2)19(14-20)5-6-22-24-8-7-23(27(24,3)12-10-25(22)26)18-13-21(31-4)16-28-15-18/h7,13,15-16,19-20,22,24-25H,5-6,8-12,14H2,1-4H3,(H,29,30)/t19?,20-,22-,24-,25-,26-,27+/m0/s1. The van der Waals surface area contributed by atoms with Crippen molar-refractivity contribution in [3.8, 4) is 5.75 Å². The Morgan fingerprint density at radius 2 is 1.97 bits per heavy atom. The monoisotopic (exact) mass is 422 g/mol. The molecule has 1 aromatic heterocycles. The van der Waals surface area contributed by atoms with Gasteiger partial charge in [-0.15, -0.1) is 0 Å². The van der Waals surface area contributed by atoms with Crippen LogP contribution in [-0.4, -0.2) is 24.0 Å². The number of ether oxygens (including phenoxy) is 1. The molecule has 31 heavy (non-hydrogen) atoms. The average molecular weight is 423 g/mol. The van der Waals surface area contributed by atoms with Gasteiger partial charge in [-0.1, -0.05) is 19.9 Å². The Hall–Kier alpha value is -1.84. The number of carbonyl (C=O) groups is 1. The van der Waals surface area contributed by atoms with Crippen molar-refractivity contribution >= 4 is 11.5 Å². The van der Waals surface area contributed by atoms with Crippen LogP contribution in [0.5, 0.6) is 5.75 Å². The van der Waals surface area contributed by atoms with E-state index in [9.17, 15) is 4.79 Å². The second-order valence-electron chi connectivity index (χ2n) is 11.3. The van der Waals surface area contributed by atoms with Crippen molar-refractivity contribution < 1.29 is 9.53 Å². The van der Waals surface area contributed by atoms with Gasteiger partial charge >= 0.3 is 0 Å². The number of amides is 1. The quantitative estimate of drug-likeness (QED) is 0.687. The topological polar surface area (TPSA) is 51.2 Å². The Kier molecular flexibility index (Phi) is 5.18. The lowest BCUT2D eigenvalue weighted by Crippen LogP contribution is -2.55. The highest BCUT2D eigenvalue weighted by atomic mass is 16.5. The number of nitrogens with one attached hydrogen (secondary N) is 1. The molecule has 7 atom stereocenters. The van der Waals surface area contributed by atoms with Gasteiger partial charge in [0.15, 0.2) is 0 Å². The fraction of sp³-hybridized carbons (Fsp3) is 0.704. The zero-order valence-electron chi connectivity index (χ0n) is 19.6. The lowest BCUT2D eigenvalue weighted by molar-refractivity contribution is -0.123. The Labute approximate surface area is 187 Å². The fourth-order valence-corrected chi connectivity index (χ4v) is 8.37. The molecule has 4 nitrogen and oxygen atoms in total. The molecule has 1 aromatic rings. The molecule has 0 saturated heterocycles. The molecule has 3 saturated carbocycles. The molecule has 1 heterocycles. The van der Waals surface area contributed by atoms with E-state index in [1.54, 1.807) is 20.2 Å². The molecule has 0 aliphatic heterocycles. The number of allylic oxidation sites excluding steroid dienone is 2. The van der Waals surface area contributed by atoms with Gasteiger partial charge in [-0.05, 0) is 103 Å². The van der Waals surface area contributed by atoms with Crippen molar-refractivity contribution in [2.45, 2.75) is 78.2 Å². The van der Waals surface area contributed by atoms with E-state index >= 15 is 0 Å². The van der Waals surface area contributed by atoms with Crippen molar-refractivity contribution in [2.24, 2.45) is 34.5 Å². The molecular weight excluding hydrogens is 384 g/mol. The summed E-state index contributed by atoms with van der Waals surface area (Å²) in [6, 6.07) is 2.56. The van der Waals surface area contributed by atoms with Crippen LogP contribution in [0.4, 0.5) is 0 Å². The summed E-state index contributed by atoms with van der Waals surface area (Å²) >= 11 is 0. The van der Waals surface area contributed by atoms with E-state index in [1.165, 1.54) is 56.1 Å². The zero-order chi connectivity index (χ0) is 21.8. The summed E-state index contributed by atoms with van der Waals surface area (Å²) in [6.45, 7) is 6.78. The summed E-state index contributed by atoms with van der Waals surface area (Å²) < 4.78 is 5.46. The molecule has 168 valence electrons. The number of hydrogen-bond acceptors (Lipinski definition) is 3. The van der Waals surface area contributed by atoms with Gasteiger partial charge in [-0.25, -0.2) is 0 Å². The zero-order valence-corrected chi connectivity index (χ0v) is 19.6. The highest BCUT2D eigenvalue weighted by Gasteiger charge is 2.58. The lowest BCUT2D eigenvalue weighted by Gasteiger charge is -2.61. The molecule has 1 unspecified atom stereocenters. The summed E-state index contributed by atoms with van der Waals surface area (Å²) in [6.07, 6.45) is 16.5. The normalized spacial score (nSPS) is 41.4. The third-order valence-electron chi connectivity index (χ3n) is 9.91. The smallest absolute Gasteiger partial charge is 0.217 e. The molecule has 3 fully saturated rings. The first kappa shape index (κ1) is 21.0. The molecule has 1 N–H and O–H groups in total. The van der Waals surface area contributed by atoms with E-state index in [-0.39, 0.29) is 11.3 Å². The van der Waals surface area contributed by atoms with Gasteiger partial charge in [0.1, 0.15) is 5.75 Å². The van der Waals surface area contributed by atoms with E-state index in [1.807, 2.05) is 6.20 Å². The van der Waals surface area contributed by atoms with Crippen LogP contribution < -0.4 is 10.1 Å². The van der Waals surface area contributed by atoms with Crippen molar-refractivity contribution in [1.82, 2.24) is 10.3 Å². The van der Waals surface area contributed by atoms with Gasteiger partial charge in [-0.2, -0.15) is 0 Å². The Bertz CT molecular complexity index is 895. The molecule has 0 spiro atoms. The summed E-state index contributed by atoms with van der Waals surface area (Å²) in [5.74, 6) is 4.15. The number of aromatic nitrogens is 1. The predicted molar refractivity (Wildman–Crippen MR) is 123 cm³/mol. The van der Waals surface area contributed by atoms with Crippen molar-refractivity contribution in [2.75, 3.05) is 7.11 Å². The molecule has 4 aliphatic rings. The molecule has 4 heteroatoms. The van der Waals surface area contributed by atoms with Crippen LogP contribution in [0, 0.1) is 34.5 Å².